The molecule has 4 nitrogen and oxygen atoms in total. The van der Waals surface area contributed by atoms with Crippen molar-refractivity contribution in [3.05, 3.63) is 63.8 Å². The minimum atomic E-state index is -0.424. The average molecular weight is 371 g/mol. The fraction of sp³-hybridized carbons (Fsp3) is 0.158. The molecule has 0 fully saturated rings. The lowest BCUT2D eigenvalue weighted by molar-refractivity contribution is 0.0529. The van der Waals surface area contributed by atoms with Gasteiger partial charge in [0.25, 0.3) is 5.91 Å². The molecule has 0 radical (unpaired) electrons. The molecule has 25 heavy (non-hydrogen) atoms. The summed E-state index contributed by atoms with van der Waals surface area (Å²) in [6.45, 7) is 3.98. The number of benzene rings is 1. The van der Waals surface area contributed by atoms with Crippen LogP contribution in [0.1, 0.15) is 33.2 Å². The third kappa shape index (κ3) is 3.81. The number of aryl methyl sites for hydroxylation is 1. The second-order valence-corrected chi connectivity index (χ2v) is 7.20. The molecule has 0 aliphatic heterocycles. The second kappa shape index (κ2) is 7.63. The van der Waals surface area contributed by atoms with E-state index >= 15 is 0 Å². The number of nitrogens with one attached hydrogen (secondary N) is 1. The zero-order chi connectivity index (χ0) is 17.8. The van der Waals surface area contributed by atoms with E-state index in [-0.39, 0.29) is 12.5 Å². The predicted molar refractivity (Wildman–Crippen MR) is 103 cm³/mol. The molecule has 0 saturated heterocycles. The van der Waals surface area contributed by atoms with E-state index in [4.69, 9.17) is 4.74 Å². The van der Waals surface area contributed by atoms with Crippen LogP contribution in [0.3, 0.4) is 0 Å². The third-order valence-electron chi connectivity index (χ3n) is 3.56. The molecule has 0 unspecified atom stereocenters. The van der Waals surface area contributed by atoms with Crippen LogP contribution in [0.5, 0.6) is 0 Å². The van der Waals surface area contributed by atoms with Gasteiger partial charge in [-0.05, 0) is 37.4 Å². The SMILES string of the molecule is CCOC(=O)c1c(-c2cccs2)csc1NC(=O)c1cccc(C)c1. The van der Waals surface area contributed by atoms with Crippen molar-refractivity contribution in [3.63, 3.8) is 0 Å². The maximum atomic E-state index is 12.5. The number of amides is 1. The van der Waals surface area contributed by atoms with Crippen molar-refractivity contribution in [1.29, 1.82) is 0 Å². The molecule has 0 atom stereocenters. The van der Waals surface area contributed by atoms with Gasteiger partial charge in [0.2, 0.25) is 0 Å². The van der Waals surface area contributed by atoms with Crippen molar-refractivity contribution in [2.24, 2.45) is 0 Å². The van der Waals surface area contributed by atoms with Gasteiger partial charge in [0.1, 0.15) is 10.6 Å². The summed E-state index contributed by atoms with van der Waals surface area (Å²) in [7, 11) is 0. The molecule has 2 heterocycles. The predicted octanol–water partition coefficient (Wildman–Crippen LogP) is 5.21. The van der Waals surface area contributed by atoms with E-state index in [0.717, 1.165) is 16.0 Å². The Labute approximate surface area is 154 Å². The molecule has 0 bridgehead atoms. The number of carbonyl (C=O) groups is 2. The van der Waals surface area contributed by atoms with Gasteiger partial charge in [0.15, 0.2) is 0 Å². The van der Waals surface area contributed by atoms with Gasteiger partial charge in [0.05, 0.1) is 6.61 Å². The molecular weight excluding hydrogens is 354 g/mol. The molecule has 2 aromatic heterocycles. The summed E-state index contributed by atoms with van der Waals surface area (Å²) in [5.74, 6) is -0.666. The zero-order valence-corrected chi connectivity index (χ0v) is 15.5. The molecule has 1 aromatic carbocycles. The average Bonchev–Trinajstić information content (AvgIpc) is 3.24. The van der Waals surface area contributed by atoms with E-state index in [2.05, 4.69) is 5.32 Å². The standard InChI is InChI=1S/C19H17NO3S2/c1-3-23-19(22)16-14(15-8-5-9-24-15)11-25-18(16)20-17(21)13-7-4-6-12(2)10-13/h4-11H,3H2,1-2H3,(H,20,21). The van der Waals surface area contributed by atoms with Crippen LogP contribution in [0.2, 0.25) is 0 Å². The number of thiophene rings is 2. The summed E-state index contributed by atoms with van der Waals surface area (Å²) in [5, 5.41) is 7.20. The number of carbonyl (C=O) groups excluding carboxylic acids is 2. The third-order valence-corrected chi connectivity index (χ3v) is 5.36. The van der Waals surface area contributed by atoms with E-state index in [1.165, 1.54) is 11.3 Å². The van der Waals surface area contributed by atoms with Crippen LogP contribution in [-0.2, 0) is 4.74 Å². The van der Waals surface area contributed by atoms with Crippen LogP contribution in [0.25, 0.3) is 10.4 Å². The highest BCUT2D eigenvalue weighted by Crippen LogP contribution is 2.38. The van der Waals surface area contributed by atoms with Gasteiger partial charge in [-0.25, -0.2) is 4.79 Å². The minimum Gasteiger partial charge on any atom is -0.462 e. The lowest BCUT2D eigenvalue weighted by atomic mass is 10.1. The molecule has 0 spiro atoms. The Kier molecular flexibility index (Phi) is 5.31. The van der Waals surface area contributed by atoms with Gasteiger partial charge >= 0.3 is 5.97 Å². The normalized spacial score (nSPS) is 10.5. The number of rotatable bonds is 5. The van der Waals surface area contributed by atoms with Gasteiger partial charge in [-0.3, -0.25) is 4.79 Å². The summed E-state index contributed by atoms with van der Waals surface area (Å²) in [6.07, 6.45) is 0. The maximum Gasteiger partial charge on any atom is 0.341 e. The Morgan fingerprint density at radius 3 is 2.68 bits per heavy atom. The second-order valence-electron chi connectivity index (χ2n) is 5.37. The molecule has 1 N–H and O–H groups in total. The molecule has 0 aliphatic rings. The minimum absolute atomic E-state index is 0.242. The number of ether oxygens (including phenoxy) is 1. The molecular formula is C19H17NO3S2. The number of hydrogen-bond donors (Lipinski definition) is 1. The zero-order valence-electron chi connectivity index (χ0n) is 13.9. The molecule has 0 aliphatic carbocycles. The van der Waals surface area contributed by atoms with Crippen LogP contribution in [-0.4, -0.2) is 18.5 Å². The first-order chi connectivity index (χ1) is 12.1. The van der Waals surface area contributed by atoms with Crippen molar-refractivity contribution in [1.82, 2.24) is 0 Å². The highest BCUT2D eigenvalue weighted by molar-refractivity contribution is 7.17. The largest absolute Gasteiger partial charge is 0.462 e. The van der Waals surface area contributed by atoms with Crippen molar-refractivity contribution >= 4 is 39.6 Å². The lowest BCUT2D eigenvalue weighted by Crippen LogP contribution is -2.14. The summed E-state index contributed by atoms with van der Waals surface area (Å²) in [4.78, 5) is 26.0. The van der Waals surface area contributed by atoms with Gasteiger partial charge in [-0.15, -0.1) is 22.7 Å². The van der Waals surface area contributed by atoms with Crippen molar-refractivity contribution in [2.75, 3.05) is 11.9 Å². The van der Waals surface area contributed by atoms with E-state index in [1.54, 1.807) is 24.3 Å². The van der Waals surface area contributed by atoms with Crippen LogP contribution in [0, 0.1) is 6.92 Å². The highest BCUT2D eigenvalue weighted by Gasteiger charge is 2.23. The van der Waals surface area contributed by atoms with Gasteiger partial charge in [-0.2, -0.15) is 0 Å². The molecule has 128 valence electrons. The Morgan fingerprint density at radius 1 is 1.16 bits per heavy atom. The monoisotopic (exact) mass is 371 g/mol. The van der Waals surface area contributed by atoms with Gasteiger partial charge in [0, 0.05) is 21.4 Å². The highest BCUT2D eigenvalue weighted by atomic mass is 32.1. The van der Waals surface area contributed by atoms with E-state index < -0.39 is 5.97 Å². The van der Waals surface area contributed by atoms with Crippen molar-refractivity contribution in [2.45, 2.75) is 13.8 Å². The quantitative estimate of drug-likeness (QED) is 0.626. The number of hydrogen-bond acceptors (Lipinski definition) is 5. The lowest BCUT2D eigenvalue weighted by Gasteiger charge is -2.08. The fourth-order valence-corrected chi connectivity index (χ4v) is 4.20. The van der Waals surface area contributed by atoms with Crippen molar-refractivity contribution in [3.8, 4) is 10.4 Å². The number of esters is 1. The summed E-state index contributed by atoms with van der Waals surface area (Å²) < 4.78 is 5.19. The van der Waals surface area contributed by atoms with Crippen molar-refractivity contribution < 1.29 is 14.3 Å². The van der Waals surface area contributed by atoms with Crippen LogP contribution < -0.4 is 5.32 Å². The summed E-state index contributed by atoms with van der Waals surface area (Å²) >= 11 is 2.87. The first-order valence-electron chi connectivity index (χ1n) is 7.80. The van der Waals surface area contributed by atoms with Gasteiger partial charge in [-0.1, -0.05) is 23.8 Å². The molecule has 0 saturated carbocycles. The molecule has 1 amide bonds. The molecule has 3 rings (SSSR count). The van der Waals surface area contributed by atoms with E-state index in [9.17, 15) is 9.59 Å². The first-order valence-corrected chi connectivity index (χ1v) is 9.56. The van der Waals surface area contributed by atoms with Crippen LogP contribution in [0.15, 0.2) is 47.2 Å². The maximum absolute atomic E-state index is 12.5. The summed E-state index contributed by atoms with van der Waals surface area (Å²) in [6, 6.07) is 11.2. The van der Waals surface area contributed by atoms with E-state index in [1.807, 2.05) is 48.0 Å². The summed E-state index contributed by atoms with van der Waals surface area (Å²) in [5.41, 5.74) is 2.76. The van der Waals surface area contributed by atoms with Crippen LogP contribution in [0.4, 0.5) is 5.00 Å². The molecule has 6 heteroatoms. The van der Waals surface area contributed by atoms with Crippen LogP contribution >= 0.6 is 22.7 Å². The van der Waals surface area contributed by atoms with E-state index in [0.29, 0.717) is 16.1 Å². The van der Waals surface area contributed by atoms with Gasteiger partial charge < -0.3 is 10.1 Å². The Hall–Kier alpha value is -2.44. The molecule has 3 aromatic rings. The Morgan fingerprint density at radius 2 is 2.00 bits per heavy atom. The smallest absolute Gasteiger partial charge is 0.341 e. The first kappa shape index (κ1) is 17.4. The Balaban J connectivity index is 1.96. The fourth-order valence-electron chi connectivity index (χ4n) is 2.43. The number of anilines is 1. The Bertz CT molecular complexity index is 897. The topological polar surface area (TPSA) is 55.4 Å².